The second kappa shape index (κ2) is 7.71. The lowest BCUT2D eigenvalue weighted by Gasteiger charge is -2.27. The van der Waals surface area contributed by atoms with Crippen LogP contribution in [0.2, 0.25) is 0 Å². The van der Waals surface area contributed by atoms with Crippen LogP contribution in [0.1, 0.15) is 38.3 Å². The van der Waals surface area contributed by atoms with Crippen molar-refractivity contribution in [3.8, 4) is 5.75 Å². The van der Waals surface area contributed by atoms with Gasteiger partial charge in [-0.25, -0.2) is 8.42 Å². The van der Waals surface area contributed by atoms with E-state index in [1.54, 1.807) is 24.3 Å². The highest BCUT2D eigenvalue weighted by Gasteiger charge is 2.55. The monoisotopic (exact) mass is 416 g/mol. The average molecular weight is 417 g/mol. The Morgan fingerprint density at radius 3 is 2.24 bits per heavy atom. The predicted molar refractivity (Wildman–Crippen MR) is 116 cm³/mol. The van der Waals surface area contributed by atoms with E-state index in [0.717, 1.165) is 11.1 Å². The number of rotatable bonds is 5. The first-order valence-electron chi connectivity index (χ1n) is 9.73. The van der Waals surface area contributed by atoms with Crippen LogP contribution >= 0.6 is 0 Å². The van der Waals surface area contributed by atoms with E-state index in [-0.39, 0.29) is 19.1 Å². The summed E-state index contributed by atoms with van der Waals surface area (Å²) in [5, 5.41) is 2.76. The molecule has 0 spiro atoms. The van der Waals surface area contributed by atoms with Crippen LogP contribution in [0.4, 0.5) is 11.4 Å². The summed E-state index contributed by atoms with van der Waals surface area (Å²) in [6.07, 6.45) is 0.276. The zero-order valence-electron chi connectivity index (χ0n) is 17.5. The molecule has 1 unspecified atom stereocenters. The maximum atomic E-state index is 13.4. The van der Waals surface area contributed by atoms with Gasteiger partial charge in [0.05, 0.1) is 11.8 Å². The van der Waals surface area contributed by atoms with Gasteiger partial charge in [0.15, 0.2) is 4.75 Å². The van der Waals surface area contributed by atoms with Crippen LogP contribution in [0, 0.1) is 13.8 Å². The van der Waals surface area contributed by atoms with Crippen molar-refractivity contribution in [1.82, 2.24) is 0 Å². The van der Waals surface area contributed by atoms with Crippen LogP contribution < -0.4 is 14.4 Å². The lowest BCUT2D eigenvalue weighted by atomic mass is 10.1. The van der Waals surface area contributed by atoms with Gasteiger partial charge in [-0.3, -0.25) is 9.10 Å². The quantitative estimate of drug-likeness (QED) is 0.799. The third kappa shape index (κ3) is 3.83. The van der Waals surface area contributed by atoms with Gasteiger partial charge in [-0.2, -0.15) is 0 Å². The Morgan fingerprint density at radius 2 is 1.69 bits per heavy atom. The molecule has 1 aliphatic rings. The average Bonchev–Trinajstić information content (AvgIpc) is 2.87. The number of ether oxygens (including phenoxy) is 1. The second-order valence-electron chi connectivity index (χ2n) is 7.94. The number of para-hydroxylation sites is 1. The van der Waals surface area contributed by atoms with E-state index < -0.39 is 20.7 Å². The van der Waals surface area contributed by atoms with Crippen LogP contribution in [0.5, 0.6) is 5.75 Å². The summed E-state index contributed by atoms with van der Waals surface area (Å²) < 4.78 is 32.2. The zero-order valence-corrected chi connectivity index (χ0v) is 18.3. The molecule has 0 bridgehead atoms. The standard InChI is InChI=1S/C22H28N2O4S/c1-15(2)28-19-11-9-18(10-12-19)23-21(25)22(5)13-14-24(29(22,26)27)20-16(3)7-6-8-17(20)4/h6-12,15H,13-14H2,1-5H3,(H,23,25). The van der Waals surface area contributed by atoms with E-state index in [1.807, 2.05) is 45.9 Å². The van der Waals surface area contributed by atoms with Crippen molar-refractivity contribution in [2.75, 3.05) is 16.2 Å². The van der Waals surface area contributed by atoms with Gasteiger partial charge in [0.25, 0.3) is 0 Å². The van der Waals surface area contributed by atoms with E-state index >= 15 is 0 Å². The molecule has 3 rings (SSSR count). The fourth-order valence-electron chi connectivity index (χ4n) is 3.62. The summed E-state index contributed by atoms with van der Waals surface area (Å²) in [6.45, 7) is 9.41. The van der Waals surface area contributed by atoms with Gasteiger partial charge < -0.3 is 10.1 Å². The first-order valence-corrected chi connectivity index (χ1v) is 11.2. The van der Waals surface area contributed by atoms with E-state index in [0.29, 0.717) is 17.1 Å². The van der Waals surface area contributed by atoms with Crippen LogP contribution in [-0.2, 0) is 14.8 Å². The molecule has 1 heterocycles. The summed E-state index contributed by atoms with van der Waals surface area (Å²) in [5.41, 5.74) is 2.95. The Labute approximate surface area is 172 Å². The Morgan fingerprint density at radius 1 is 1.10 bits per heavy atom. The van der Waals surface area contributed by atoms with Crippen molar-refractivity contribution < 1.29 is 17.9 Å². The van der Waals surface area contributed by atoms with Crippen molar-refractivity contribution in [2.45, 2.75) is 51.9 Å². The fraction of sp³-hybridized carbons (Fsp3) is 0.409. The third-order valence-electron chi connectivity index (χ3n) is 5.30. The van der Waals surface area contributed by atoms with Gasteiger partial charge in [0.1, 0.15) is 5.75 Å². The number of sulfonamides is 1. The summed E-state index contributed by atoms with van der Waals surface area (Å²) in [6, 6.07) is 12.6. The molecular weight excluding hydrogens is 388 g/mol. The van der Waals surface area contributed by atoms with Crippen LogP contribution in [-0.4, -0.2) is 31.7 Å². The molecule has 29 heavy (non-hydrogen) atoms. The molecule has 0 aromatic heterocycles. The second-order valence-corrected chi connectivity index (χ2v) is 10.2. The lowest BCUT2D eigenvalue weighted by molar-refractivity contribution is -0.118. The zero-order chi connectivity index (χ0) is 21.4. The van der Waals surface area contributed by atoms with E-state index in [2.05, 4.69) is 5.32 Å². The molecule has 2 aromatic carbocycles. The highest BCUT2D eigenvalue weighted by Crippen LogP contribution is 2.40. The van der Waals surface area contributed by atoms with Crippen LogP contribution in [0.15, 0.2) is 42.5 Å². The first kappa shape index (κ1) is 21.2. The van der Waals surface area contributed by atoms with Crippen molar-refractivity contribution >= 4 is 27.3 Å². The minimum atomic E-state index is -3.87. The number of nitrogens with zero attached hydrogens (tertiary/aromatic N) is 1. The van der Waals surface area contributed by atoms with Gasteiger partial charge in [0, 0.05) is 12.2 Å². The molecule has 0 aliphatic carbocycles. The highest BCUT2D eigenvalue weighted by molar-refractivity contribution is 7.95. The molecule has 156 valence electrons. The van der Waals surface area contributed by atoms with Crippen molar-refractivity contribution in [1.29, 1.82) is 0 Å². The van der Waals surface area contributed by atoms with Crippen LogP contribution in [0.3, 0.4) is 0 Å². The Kier molecular flexibility index (Phi) is 5.63. The van der Waals surface area contributed by atoms with Gasteiger partial charge in [0.2, 0.25) is 15.9 Å². The topological polar surface area (TPSA) is 75.7 Å². The maximum absolute atomic E-state index is 13.4. The number of hydrogen-bond donors (Lipinski definition) is 1. The van der Waals surface area contributed by atoms with Gasteiger partial charge >= 0.3 is 0 Å². The predicted octanol–water partition coefficient (Wildman–Crippen LogP) is 4.03. The Bertz CT molecular complexity index is 995. The SMILES string of the molecule is Cc1cccc(C)c1N1CCC(C)(C(=O)Nc2ccc(OC(C)C)cc2)S1(=O)=O. The Balaban J connectivity index is 1.84. The number of benzene rings is 2. The molecule has 2 aromatic rings. The van der Waals surface area contributed by atoms with Crippen molar-refractivity contribution in [3.63, 3.8) is 0 Å². The normalized spacial score (nSPS) is 20.7. The molecule has 7 heteroatoms. The first-order chi connectivity index (χ1) is 13.6. The molecule has 1 aliphatic heterocycles. The van der Waals surface area contributed by atoms with Gasteiger partial charge in [-0.05, 0) is 76.4 Å². The van der Waals surface area contributed by atoms with Crippen molar-refractivity contribution in [3.05, 3.63) is 53.6 Å². The lowest BCUT2D eigenvalue weighted by Crippen LogP contribution is -2.47. The summed E-state index contributed by atoms with van der Waals surface area (Å²) in [7, 11) is -3.87. The maximum Gasteiger partial charge on any atom is 0.249 e. The molecule has 1 atom stereocenters. The number of carbonyl (C=O) groups is 1. The van der Waals surface area contributed by atoms with Crippen LogP contribution in [0.25, 0.3) is 0 Å². The van der Waals surface area contributed by atoms with Crippen molar-refractivity contribution in [2.24, 2.45) is 0 Å². The molecule has 1 saturated heterocycles. The Hall–Kier alpha value is -2.54. The molecule has 0 radical (unpaired) electrons. The van der Waals surface area contributed by atoms with Gasteiger partial charge in [-0.15, -0.1) is 0 Å². The molecule has 6 nitrogen and oxygen atoms in total. The molecule has 1 fully saturated rings. The van der Waals surface area contributed by atoms with Gasteiger partial charge in [-0.1, -0.05) is 18.2 Å². The fourth-order valence-corrected chi connectivity index (χ4v) is 5.60. The highest BCUT2D eigenvalue weighted by atomic mass is 32.2. The number of amides is 1. The smallest absolute Gasteiger partial charge is 0.249 e. The van der Waals surface area contributed by atoms with E-state index in [4.69, 9.17) is 4.74 Å². The summed E-state index contributed by atoms with van der Waals surface area (Å²) in [4.78, 5) is 13.0. The largest absolute Gasteiger partial charge is 0.491 e. The third-order valence-corrected chi connectivity index (χ3v) is 7.78. The van der Waals surface area contributed by atoms with E-state index in [9.17, 15) is 13.2 Å². The molecular formula is C22H28N2O4S. The number of anilines is 2. The number of carbonyl (C=O) groups excluding carboxylic acids is 1. The number of hydrogen-bond acceptors (Lipinski definition) is 4. The molecule has 1 amide bonds. The molecule has 0 saturated carbocycles. The molecule has 1 N–H and O–H groups in total. The summed E-state index contributed by atoms with van der Waals surface area (Å²) in [5.74, 6) is 0.169. The van der Waals surface area contributed by atoms with E-state index in [1.165, 1.54) is 11.2 Å². The number of aryl methyl sites for hydroxylation is 2. The minimum absolute atomic E-state index is 0.0499. The summed E-state index contributed by atoms with van der Waals surface area (Å²) >= 11 is 0. The minimum Gasteiger partial charge on any atom is -0.491 e. The number of nitrogens with one attached hydrogen (secondary N) is 1.